The first-order valence-corrected chi connectivity index (χ1v) is 7.01. The van der Waals surface area contributed by atoms with Crippen LogP contribution in [-0.2, 0) is 11.3 Å². The van der Waals surface area contributed by atoms with E-state index in [-0.39, 0.29) is 5.97 Å². The number of carbonyl (C=O) groups is 1. The van der Waals surface area contributed by atoms with Gasteiger partial charge in [-0.25, -0.2) is 4.79 Å². The molecule has 0 saturated carbocycles. The lowest BCUT2D eigenvalue weighted by Gasteiger charge is -2.07. The van der Waals surface area contributed by atoms with Crippen molar-refractivity contribution in [3.63, 3.8) is 0 Å². The summed E-state index contributed by atoms with van der Waals surface area (Å²) in [6, 6.07) is 15.6. The minimum Gasteiger partial charge on any atom is -0.497 e. The third-order valence-corrected chi connectivity index (χ3v) is 3.70. The predicted octanol–water partition coefficient (Wildman–Crippen LogP) is 3.48. The Morgan fingerprint density at radius 2 is 1.82 bits per heavy atom. The molecule has 22 heavy (non-hydrogen) atoms. The van der Waals surface area contributed by atoms with Crippen LogP contribution in [0.4, 0.5) is 0 Å². The molecule has 0 unspecified atom stereocenters. The third-order valence-electron chi connectivity index (χ3n) is 3.70. The van der Waals surface area contributed by atoms with Crippen molar-refractivity contribution in [3.8, 4) is 5.75 Å². The number of carbonyl (C=O) groups excluding carboxylic acids is 1. The van der Waals surface area contributed by atoms with Gasteiger partial charge in [-0.05, 0) is 42.0 Å². The monoisotopic (exact) mass is 295 g/mol. The number of hydrogen-bond acceptors (Lipinski definition) is 3. The van der Waals surface area contributed by atoms with Gasteiger partial charge in [0.25, 0.3) is 0 Å². The Morgan fingerprint density at radius 1 is 1.05 bits per heavy atom. The molecular weight excluding hydrogens is 278 g/mol. The standard InChI is InChI=1S/C18H17NO3/c1-21-16-6-3-13(4-7-16)12-19-10-9-14-11-15(18(20)22-2)5-8-17(14)19/h3-11H,12H2,1-2H3. The highest BCUT2D eigenvalue weighted by Crippen LogP contribution is 2.20. The molecule has 0 amide bonds. The van der Waals surface area contributed by atoms with Gasteiger partial charge in [0.1, 0.15) is 5.75 Å². The Balaban J connectivity index is 1.89. The summed E-state index contributed by atoms with van der Waals surface area (Å²) >= 11 is 0. The van der Waals surface area contributed by atoms with Crippen LogP contribution >= 0.6 is 0 Å². The number of benzene rings is 2. The van der Waals surface area contributed by atoms with E-state index in [1.807, 2.05) is 48.7 Å². The lowest BCUT2D eigenvalue weighted by atomic mass is 10.1. The van der Waals surface area contributed by atoms with Crippen LogP contribution in [0.1, 0.15) is 15.9 Å². The molecule has 0 spiro atoms. The van der Waals surface area contributed by atoms with E-state index in [0.717, 1.165) is 23.2 Å². The number of esters is 1. The molecule has 4 nitrogen and oxygen atoms in total. The Kier molecular flexibility index (Phi) is 3.83. The molecule has 0 saturated heterocycles. The van der Waals surface area contributed by atoms with Crippen LogP contribution in [0.15, 0.2) is 54.7 Å². The van der Waals surface area contributed by atoms with E-state index in [1.54, 1.807) is 13.2 Å². The van der Waals surface area contributed by atoms with Crippen LogP contribution < -0.4 is 4.74 Å². The Morgan fingerprint density at radius 3 is 2.50 bits per heavy atom. The van der Waals surface area contributed by atoms with E-state index in [4.69, 9.17) is 9.47 Å². The summed E-state index contributed by atoms with van der Waals surface area (Å²) in [5, 5.41) is 1.02. The molecule has 3 rings (SSSR count). The van der Waals surface area contributed by atoms with Gasteiger partial charge in [-0.2, -0.15) is 0 Å². The summed E-state index contributed by atoms with van der Waals surface area (Å²) in [4.78, 5) is 11.6. The zero-order chi connectivity index (χ0) is 15.5. The van der Waals surface area contributed by atoms with Gasteiger partial charge in [-0.1, -0.05) is 12.1 Å². The van der Waals surface area contributed by atoms with Crippen molar-refractivity contribution in [1.82, 2.24) is 4.57 Å². The molecule has 2 aromatic carbocycles. The fraction of sp³-hybridized carbons (Fsp3) is 0.167. The van der Waals surface area contributed by atoms with Crippen molar-refractivity contribution in [1.29, 1.82) is 0 Å². The highest BCUT2D eigenvalue weighted by atomic mass is 16.5. The maximum absolute atomic E-state index is 11.6. The molecular formula is C18H17NO3. The molecule has 4 heteroatoms. The fourth-order valence-corrected chi connectivity index (χ4v) is 2.51. The second-order valence-corrected chi connectivity index (χ2v) is 5.06. The normalized spacial score (nSPS) is 10.6. The van der Waals surface area contributed by atoms with Crippen LogP contribution in [0.5, 0.6) is 5.75 Å². The van der Waals surface area contributed by atoms with E-state index in [2.05, 4.69) is 4.57 Å². The zero-order valence-corrected chi connectivity index (χ0v) is 12.6. The minimum absolute atomic E-state index is 0.315. The molecule has 1 aromatic heterocycles. The van der Waals surface area contributed by atoms with Crippen LogP contribution in [0.25, 0.3) is 10.9 Å². The topological polar surface area (TPSA) is 40.5 Å². The summed E-state index contributed by atoms with van der Waals surface area (Å²) in [6.45, 7) is 0.769. The highest BCUT2D eigenvalue weighted by molar-refractivity contribution is 5.94. The van der Waals surface area contributed by atoms with Gasteiger partial charge >= 0.3 is 5.97 Å². The zero-order valence-electron chi connectivity index (χ0n) is 12.6. The second kappa shape index (κ2) is 5.93. The van der Waals surface area contributed by atoms with Crippen LogP contribution in [0.2, 0.25) is 0 Å². The second-order valence-electron chi connectivity index (χ2n) is 5.06. The van der Waals surface area contributed by atoms with Crippen molar-refractivity contribution in [2.24, 2.45) is 0 Å². The average Bonchev–Trinajstić information content (AvgIpc) is 2.97. The first-order valence-electron chi connectivity index (χ1n) is 7.01. The molecule has 0 aliphatic rings. The van der Waals surface area contributed by atoms with Crippen molar-refractivity contribution in [2.75, 3.05) is 14.2 Å². The van der Waals surface area contributed by atoms with E-state index < -0.39 is 0 Å². The smallest absolute Gasteiger partial charge is 0.337 e. The van der Waals surface area contributed by atoms with Gasteiger partial charge in [-0.15, -0.1) is 0 Å². The maximum atomic E-state index is 11.6. The molecule has 0 N–H and O–H groups in total. The number of fused-ring (bicyclic) bond motifs is 1. The van der Waals surface area contributed by atoms with Crippen molar-refractivity contribution < 1.29 is 14.3 Å². The van der Waals surface area contributed by atoms with Crippen molar-refractivity contribution in [3.05, 3.63) is 65.9 Å². The minimum atomic E-state index is -0.315. The summed E-state index contributed by atoms with van der Waals surface area (Å²) in [6.07, 6.45) is 2.02. The van der Waals surface area contributed by atoms with Crippen LogP contribution in [-0.4, -0.2) is 24.8 Å². The van der Waals surface area contributed by atoms with E-state index in [1.165, 1.54) is 12.7 Å². The molecule has 0 aliphatic heterocycles. The summed E-state index contributed by atoms with van der Waals surface area (Å²) in [5.41, 5.74) is 2.84. The summed E-state index contributed by atoms with van der Waals surface area (Å²) in [5.74, 6) is 0.536. The molecule has 1 heterocycles. The van der Waals surface area contributed by atoms with Crippen LogP contribution in [0, 0.1) is 0 Å². The maximum Gasteiger partial charge on any atom is 0.337 e. The summed E-state index contributed by atoms with van der Waals surface area (Å²) < 4.78 is 12.1. The first-order chi connectivity index (χ1) is 10.7. The molecule has 0 bridgehead atoms. The van der Waals surface area contributed by atoms with Gasteiger partial charge in [0.05, 0.1) is 19.8 Å². The predicted molar refractivity (Wildman–Crippen MR) is 85.4 cm³/mol. The third kappa shape index (κ3) is 2.68. The lowest BCUT2D eigenvalue weighted by molar-refractivity contribution is 0.0601. The number of rotatable bonds is 4. The molecule has 0 radical (unpaired) electrons. The molecule has 0 aliphatic carbocycles. The number of nitrogens with zero attached hydrogens (tertiary/aromatic N) is 1. The van der Waals surface area contributed by atoms with E-state index in [9.17, 15) is 4.79 Å². The Labute approximate surface area is 128 Å². The number of aromatic nitrogens is 1. The number of ether oxygens (including phenoxy) is 2. The molecule has 112 valence electrons. The first kappa shape index (κ1) is 14.2. The van der Waals surface area contributed by atoms with Crippen LogP contribution in [0.3, 0.4) is 0 Å². The van der Waals surface area contributed by atoms with Gasteiger partial charge in [0, 0.05) is 23.6 Å². The summed E-state index contributed by atoms with van der Waals surface area (Å²) in [7, 11) is 3.05. The Hall–Kier alpha value is -2.75. The average molecular weight is 295 g/mol. The van der Waals surface area contributed by atoms with Gasteiger partial charge in [0.15, 0.2) is 0 Å². The van der Waals surface area contributed by atoms with Crippen molar-refractivity contribution >= 4 is 16.9 Å². The molecule has 3 aromatic rings. The quantitative estimate of drug-likeness (QED) is 0.692. The largest absolute Gasteiger partial charge is 0.497 e. The highest BCUT2D eigenvalue weighted by Gasteiger charge is 2.08. The molecule has 0 atom stereocenters. The van der Waals surface area contributed by atoms with E-state index >= 15 is 0 Å². The van der Waals surface area contributed by atoms with Gasteiger partial charge < -0.3 is 14.0 Å². The van der Waals surface area contributed by atoms with Crippen molar-refractivity contribution in [2.45, 2.75) is 6.54 Å². The lowest BCUT2D eigenvalue weighted by Crippen LogP contribution is -2.01. The van der Waals surface area contributed by atoms with Gasteiger partial charge in [-0.3, -0.25) is 0 Å². The Bertz CT molecular complexity index is 803. The molecule has 0 fully saturated rings. The van der Waals surface area contributed by atoms with E-state index in [0.29, 0.717) is 5.56 Å². The number of methoxy groups -OCH3 is 2. The van der Waals surface area contributed by atoms with Gasteiger partial charge in [0.2, 0.25) is 0 Å². The number of hydrogen-bond donors (Lipinski definition) is 0. The SMILES string of the molecule is COC(=O)c1ccc2c(ccn2Cc2ccc(OC)cc2)c1. The fourth-order valence-electron chi connectivity index (χ4n) is 2.51.